The first-order chi connectivity index (χ1) is 38.1. The molecule has 0 aromatic heterocycles. The van der Waals surface area contributed by atoms with E-state index in [0.29, 0.717) is 26.1 Å². The molecule has 1 saturated heterocycles. The molecule has 0 atom stereocenters. The van der Waals surface area contributed by atoms with E-state index in [9.17, 15) is 43.2 Å². The van der Waals surface area contributed by atoms with Crippen LogP contribution >= 0.6 is 0 Å². The Balaban J connectivity index is 0.000000258. The van der Waals surface area contributed by atoms with Crippen LogP contribution in [0.25, 0.3) is 0 Å². The van der Waals surface area contributed by atoms with Crippen LogP contribution in [0.5, 0.6) is 0 Å². The van der Waals surface area contributed by atoms with E-state index in [1.165, 1.54) is 20.8 Å². The summed E-state index contributed by atoms with van der Waals surface area (Å²) in [4.78, 5) is 105. The summed E-state index contributed by atoms with van der Waals surface area (Å²) >= 11 is 0. The third-order valence-corrected chi connectivity index (χ3v) is 13.1. The van der Waals surface area contributed by atoms with E-state index >= 15 is 0 Å². The SMILES string of the molecule is C=C(C)C(=O)OCC(=O)OCC(=O)OC1(c2ccc(C)cc2)CCCCC1.C=C(C)C(=O)OCC(=O)OCC(=O)OC1(c2ccc(C)cc2)CCOCC1.C=C(C)C(=O)OCC(=O)OCC(=O)OC1(c2ccccc2)CCCCC1. The monoisotopic (exact) mass is 1110 g/mol. The maximum Gasteiger partial charge on any atom is 0.345 e. The molecule has 1 aliphatic heterocycles. The van der Waals surface area contributed by atoms with Gasteiger partial charge in [-0.2, -0.15) is 0 Å². The first kappa shape index (κ1) is 64.6. The summed E-state index contributed by atoms with van der Waals surface area (Å²) in [5.74, 6) is -6.43. The molecule has 3 fully saturated rings. The Morgan fingerprint density at radius 1 is 0.375 bits per heavy atom. The first-order valence-electron chi connectivity index (χ1n) is 26.5. The highest BCUT2D eigenvalue weighted by molar-refractivity contribution is 5.90. The molecule has 2 aliphatic carbocycles. The summed E-state index contributed by atoms with van der Waals surface area (Å²) in [7, 11) is 0. The van der Waals surface area contributed by atoms with Crippen molar-refractivity contribution in [2.75, 3.05) is 52.9 Å². The van der Waals surface area contributed by atoms with Gasteiger partial charge in [-0.3, -0.25) is 0 Å². The molecule has 19 nitrogen and oxygen atoms in total. The Morgan fingerprint density at radius 3 is 0.950 bits per heavy atom. The average Bonchev–Trinajstić information content (AvgIpc) is 3.47. The number of ether oxygens (including phenoxy) is 10. The van der Waals surface area contributed by atoms with Crippen LogP contribution in [-0.2, 0) is 107 Å². The van der Waals surface area contributed by atoms with Crippen molar-refractivity contribution in [3.63, 3.8) is 0 Å². The molecule has 3 aromatic rings. The fourth-order valence-corrected chi connectivity index (χ4v) is 8.78. The summed E-state index contributed by atoms with van der Waals surface area (Å²) < 4.78 is 51.1. The molecule has 1 heterocycles. The number of esters is 9. The molecule has 0 radical (unpaired) electrons. The number of rotatable bonds is 21. The van der Waals surface area contributed by atoms with Crippen LogP contribution in [0, 0.1) is 13.8 Å². The van der Waals surface area contributed by atoms with Gasteiger partial charge in [-0.25, -0.2) is 43.2 Å². The standard InChI is InChI=1S/C21H26O6.C20H24O7.C20H24O6/c1-15(2)20(24)26-13-18(22)25-14-19(23)27-21(11-5-4-6-12-21)17-9-7-16(3)8-10-17;1-14(2)19(23)26-12-17(21)25-13-18(22)27-20(8-10-24-11-9-20)16-6-4-15(3)5-7-16;1-15(2)19(23)25-13-17(21)24-14-18(22)26-20(11-7-4-8-12-20)16-9-5-3-6-10-16/h7-10H,1,4-6,11-14H2,2-3H3;4-7H,1,8-13H2,2-3H3;3,5-6,9-10H,1,4,7-8,11-14H2,2H3. The second-order valence-corrected chi connectivity index (χ2v) is 19.8. The molecular weight excluding hydrogens is 1040 g/mol. The van der Waals surface area contributed by atoms with Gasteiger partial charge in [0.1, 0.15) is 16.8 Å². The molecule has 6 rings (SSSR count). The lowest BCUT2D eigenvalue weighted by Crippen LogP contribution is -2.39. The van der Waals surface area contributed by atoms with Crippen LogP contribution in [0.4, 0.5) is 0 Å². The summed E-state index contributed by atoms with van der Waals surface area (Å²) in [5.41, 5.74) is 3.41. The van der Waals surface area contributed by atoms with Gasteiger partial charge in [0.05, 0.1) is 13.2 Å². The van der Waals surface area contributed by atoms with E-state index in [4.69, 9.17) is 33.2 Å². The Morgan fingerprint density at radius 2 is 0.650 bits per heavy atom. The van der Waals surface area contributed by atoms with Crippen LogP contribution in [0.3, 0.4) is 0 Å². The van der Waals surface area contributed by atoms with Crippen molar-refractivity contribution in [3.05, 3.63) is 143 Å². The van der Waals surface area contributed by atoms with Crippen LogP contribution in [0.1, 0.15) is 126 Å². The van der Waals surface area contributed by atoms with Gasteiger partial charge < -0.3 is 47.4 Å². The molecular formula is C61H74O19. The maximum absolute atomic E-state index is 12.3. The van der Waals surface area contributed by atoms with E-state index in [0.717, 1.165) is 92.0 Å². The van der Waals surface area contributed by atoms with Gasteiger partial charge in [0.25, 0.3) is 0 Å². The van der Waals surface area contributed by atoms with Crippen molar-refractivity contribution in [3.8, 4) is 0 Å². The van der Waals surface area contributed by atoms with Gasteiger partial charge in [-0.15, -0.1) is 0 Å². The predicted octanol–water partition coefficient (Wildman–Crippen LogP) is 8.62. The molecule has 19 heteroatoms. The lowest BCUT2D eigenvalue weighted by atomic mass is 9.79. The van der Waals surface area contributed by atoms with Crippen molar-refractivity contribution in [2.45, 2.75) is 128 Å². The molecule has 3 aliphatic rings. The maximum atomic E-state index is 12.3. The fraction of sp³-hybridized carbons (Fsp3) is 0.459. The second kappa shape index (κ2) is 32.2. The zero-order valence-corrected chi connectivity index (χ0v) is 46.5. The highest BCUT2D eigenvalue weighted by Gasteiger charge is 2.41. The first-order valence-corrected chi connectivity index (χ1v) is 26.5. The minimum absolute atomic E-state index is 0.168. The zero-order valence-electron chi connectivity index (χ0n) is 46.5. The Labute approximate surface area is 467 Å². The highest BCUT2D eigenvalue weighted by atomic mass is 16.6. The van der Waals surface area contributed by atoms with Crippen molar-refractivity contribution in [1.82, 2.24) is 0 Å². The quantitative estimate of drug-likeness (QED) is 0.0550. The molecule has 0 unspecified atom stereocenters. The number of aryl methyl sites for hydroxylation is 2. The minimum atomic E-state index is -0.835. The average molecular weight is 1110 g/mol. The number of carbonyl (C=O) groups excluding carboxylic acids is 9. The van der Waals surface area contributed by atoms with Gasteiger partial charge >= 0.3 is 53.7 Å². The smallest absolute Gasteiger partial charge is 0.345 e. The minimum Gasteiger partial charge on any atom is -0.452 e. The normalized spacial score (nSPS) is 15.5. The molecule has 0 N–H and O–H groups in total. The van der Waals surface area contributed by atoms with Gasteiger partial charge in [-0.1, -0.05) is 123 Å². The van der Waals surface area contributed by atoms with Gasteiger partial charge in [0.2, 0.25) is 0 Å². The largest absolute Gasteiger partial charge is 0.452 e. The number of hydrogen-bond donors (Lipinski definition) is 0. The van der Waals surface area contributed by atoms with E-state index in [2.05, 4.69) is 33.9 Å². The Bertz CT molecular complexity index is 2510. The van der Waals surface area contributed by atoms with Crippen LogP contribution in [0.15, 0.2) is 115 Å². The summed E-state index contributed by atoms with van der Waals surface area (Å²) in [6.45, 7) is 16.2. The molecule has 0 spiro atoms. The van der Waals surface area contributed by atoms with E-state index in [1.807, 2.05) is 92.7 Å². The molecule has 0 bridgehead atoms. The Hall–Kier alpha value is -7.93. The van der Waals surface area contributed by atoms with Crippen molar-refractivity contribution in [1.29, 1.82) is 0 Å². The van der Waals surface area contributed by atoms with Crippen LogP contribution in [0.2, 0.25) is 0 Å². The Kier molecular flexibility index (Phi) is 26.0. The fourth-order valence-electron chi connectivity index (χ4n) is 8.78. The summed E-state index contributed by atoms with van der Waals surface area (Å²) in [5, 5.41) is 0. The molecule has 0 amide bonds. The topological polar surface area (TPSA) is 246 Å². The van der Waals surface area contributed by atoms with E-state index in [1.54, 1.807) is 0 Å². The summed E-state index contributed by atoms with van der Waals surface area (Å²) in [6, 6.07) is 25.4. The number of carbonyl (C=O) groups is 9. The van der Waals surface area contributed by atoms with Gasteiger partial charge in [0, 0.05) is 29.6 Å². The zero-order chi connectivity index (χ0) is 58.7. The third kappa shape index (κ3) is 21.4. The number of benzene rings is 3. The predicted molar refractivity (Wildman–Crippen MR) is 289 cm³/mol. The van der Waals surface area contributed by atoms with Crippen molar-refractivity contribution < 1.29 is 90.5 Å². The molecule has 3 aromatic carbocycles. The van der Waals surface area contributed by atoms with Crippen LogP contribution in [-0.4, -0.2) is 107 Å². The van der Waals surface area contributed by atoms with Crippen LogP contribution < -0.4 is 0 Å². The van der Waals surface area contributed by atoms with E-state index in [-0.39, 0.29) is 16.7 Å². The van der Waals surface area contributed by atoms with Gasteiger partial charge in [0.15, 0.2) is 39.6 Å². The van der Waals surface area contributed by atoms with Crippen molar-refractivity contribution >= 4 is 53.7 Å². The van der Waals surface area contributed by atoms with Gasteiger partial charge in [-0.05, 0) is 103 Å². The molecule has 80 heavy (non-hydrogen) atoms. The highest BCUT2D eigenvalue weighted by Crippen LogP contribution is 2.42. The third-order valence-electron chi connectivity index (χ3n) is 13.1. The summed E-state index contributed by atoms with van der Waals surface area (Å²) in [6.07, 6.45) is 10.1. The number of hydrogen-bond acceptors (Lipinski definition) is 19. The van der Waals surface area contributed by atoms with Crippen molar-refractivity contribution in [2.24, 2.45) is 0 Å². The lowest BCUT2D eigenvalue weighted by molar-refractivity contribution is -0.180. The molecule has 432 valence electrons. The van der Waals surface area contributed by atoms with E-state index < -0.39 is 110 Å². The molecule has 2 saturated carbocycles. The second-order valence-electron chi connectivity index (χ2n) is 19.8. The lowest BCUT2D eigenvalue weighted by Gasteiger charge is -2.37.